The van der Waals surface area contributed by atoms with Crippen LogP contribution in [-0.4, -0.2) is 0 Å². The largest absolute Gasteiger partial charge is 0.198 e. The molecule has 0 aromatic heterocycles. The Morgan fingerprint density at radius 1 is 1.56 bits per heavy atom. The minimum absolute atomic E-state index is 0.653. The minimum Gasteiger partial charge on any atom is -0.198 e. The Morgan fingerprint density at radius 2 is 2.44 bits per heavy atom. The summed E-state index contributed by atoms with van der Waals surface area (Å²) in [6.07, 6.45) is 8.63. The van der Waals surface area contributed by atoms with Crippen molar-refractivity contribution in [3.8, 4) is 6.07 Å². The van der Waals surface area contributed by atoms with Crippen molar-refractivity contribution < 1.29 is 0 Å². The molecule has 1 nitrogen and oxygen atoms in total. The van der Waals surface area contributed by atoms with Crippen molar-refractivity contribution in [2.45, 2.75) is 25.7 Å². The second-order valence-electron chi connectivity index (χ2n) is 2.51. The van der Waals surface area contributed by atoms with E-state index >= 15 is 0 Å². The maximum Gasteiger partial charge on any atom is 0.0624 e. The van der Waals surface area contributed by atoms with E-state index in [1.54, 1.807) is 0 Å². The van der Waals surface area contributed by atoms with Crippen molar-refractivity contribution in [2.24, 2.45) is 5.92 Å². The third-order valence-electron chi connectivity index (χ3n) is 1.76. The Bertz CT molecular complexity index is 141. The van der Waals surface area contributed by atoms with Crippen LogP contribution in [0.15, 0.2) is 12.2 Å². The summed E-state index contributed by atoms with van der Waals surface area (Å²) in [6, 6.07) is 2.20. The molecule has 0 spiro atoms. The summed E-state index contributed by atoms with van der Waals surface area (Å²) in [5.41, 5.74) is 0. The first-order chi connectivity index (χ1) is 4.43. The smallest absolute Gasteiger partial charge is 0.0624 e. The molecule has 0 saturated heterocycles. The van der Waals surface area contributed by atoms with Crippen LogP contribution in [0.1, 0.15) is 25.7 Å². The predicted molar refractivity (Wildman–Crippen MR) is 36.7 cm³/mol. The highest BCUT2D eigenvalue weighted by atomic mass is 14.2. The summed E-state index contributed by atoms with van der Waals surface area (Å²) in [7, 11) is 0. The van der Waals surface area contributed by atoms with Crippen molar-refractivity contribution in [3.63, 3.8) is 0 Å². The molecule has 0 aliphatic heterocycles. The average Bonchev–Trinajstić information content (AvgIpc) is 1.91. The highest BCUT2D eigenvalue weighted by Crippen LogP contribution is 2.20. The van der Waals surface area contributed by atoms with E-state index in [-0.39, 0.29) is 0 Å². The van der Waals surface area contributed by atoms with Crippen LogP contribution in [-0.2, 0) is 0 Å². The molecule has 0 N–H and O–H groups in total. The van der Waals surface area contributed by atoms with Gasteiger partial charge in [-0.2, -0.15) is 5.26 Å². The van der Waals surface area contributed by atoms with Crippen LogP contribution in [0.4, 0.5) is 0 Å². The van der Waals surface area contributed by atoms with Crippen molar-refractivity contribution >= 4 is 0 Å². The third-order valence-corrected chi connectivity index (χ3v) is 1.76. The second-order valence-corrected chi connectivity index (χ2v) is 2.51. The summed E-state index contributed by atoms with van der Waals surface area (Å²) in [6.45, 7) is 0. The van der Waals surface area contributed by atoms with Gasteiger partial charge in [-0.1, -0.05) is 12.2 Å². The molecule has 0 aromatic carbocycles. The first kappa shape index (κ1) is 6.35. The van der Waals surface area contributed by atoms with Crippen molar-refractivity contribution in [3.05, 3.63) is 12.2 Å². The van der Waals surface area contributed by atoms with E-state index in [0.29, 0.717) is 5.92 Å². The highest BCUT2D eigenvalue weighted by molar-refractivity contribution is 4.92. The Balaban J connectivity index is 2.28. The lowest BCUT2D eigenvalue weighted by molar-refractivity contribution is 0.490. The molecule has 0 bridgehead atoms. The lowest BCUT2D eigenvalue weighted by Crippen LogP contribution is -2.00. The monoisotopic (exact) mass is 121 g/mol. The first-order valence-corrected chi connectivity index (χ1v) is 3.45. The number of nitriles is 1. The van der Waals surface area contributed by atoms with Gasteiger partial charge in [0, 0.05) is 6.42 Å². The van der Waals surface area contributed by atoms with Gasteiger partial charge in [-0.3, -0.25) is 0 Å². The number of hydrogen-bond acceptors (Lipinski definition) is 1. The molecule has 0 radical (unpaired) electrons. The number of allylic oxidation sites excluding steroid dienone is 2. The number of hydrogen-bond donors (Lipinski definition) is 0. The maximum atomic E-state index is 8.34. The zero-order valence-electron chi connectivity index (χ0n) is 5.51. The van der Waals surface area contributed by atoms with Crippen LogP contribution in [0.5, 0.6) is 0 Å². The van der Waals surface area contributed by atoms with E-state index in [4.69, 9.17) is 5.26 Å². The Labute approximate surface area is 56.0 Å². The van der Waals surface area contributed by atoms with Gasteiger partial charge in [-0.25, -0.2) is 0 Å². The molecule has 48 valence electrons. The molecule has 0 aromatic rings. The molecule has 0 fully saturated rings. The quantitative estimate of drug-likeness (QED) is 0.488. The summed E-state index contributed by atoms with van der Waals surface area (Å²) >= 11 is 0. The fraction of sp³-hybridized carbons (Fsp3) is 0.625. The third kappa shape index (κ3) is 1.89. The molecular formula is C8H11N. The molecular weight excluding hydrogens is 110 g/mol. The standard InChI is InChI=1S/C8H11N/c9-7-6-8-4-2-1-3-5-8/h1-2,8H,3-6H2/t8-/m0/s1. The molecule has 1 rings (SSSR count). The average molecular weight is 121 g/mol. The number of nitrogens with zero attached hydrogens (tertiary/aromatic N) is 1. The Morgan fingerprint density at radius 3 is 3.00 bits per heavy atom. The van der Waals surface area contributed by atoms with E-state index in [1.807, 2.05) is 0 Å². The molecule has 1 aliphatic carbocycles. The Hall–Kier alpha value is -0.770. The van der Waals surface area contributed by atoms with E-state index in [1.165, 1.54) is 12.8 Å². The van der Waals surface area contributed by atoms with Crippen molar-refractivity contribution in [1.29, 1.82) is 5.26 Å². The van der Waals surface area contributed by atoms with Gasteiger partial charge in [-0.05, 0) is 25.2 Å². The lowest BCUT2D eigenvalue weighted by Gasteiger charge is -2.12. The van der Waals surface area contributed by atoms with Gasteiger partial charge in [0.25, 0.3) is 0 Å². The first-order valence-electron chi connectivity index (χ1n) is 3.45. The molecule has 0 saturated carbocycles. The number of rotatable bonds is 1. The van der Waals surface area contributed by atoms with Gasteiger partial charge in [0.2, 0.25) is 0 Å². The normalized spacial score (nSPS) is 25.4. The fourth-order valence-corrected chi connectivity index (χ4v) is 1.17. The SMILES string of the molecule is N#CC[C@H]1CC=CCC1. The zero-order valence-corrected chi connectivity index (χ0v) is 5.51. The molecule has 0 unspecified atom stereocenters. The van der Waals surface area contributed by atoms with E-state index in [0.717, 1.165) is 12.8 Å². The summed E-state index contributed by atoms with van der Waals surface area (Å²) in [5, 5.41) is 8.34. The Kier molecular flexibility index (Phi) is 2.32. The highest BCUT2D eigenvalue weighted by Gasteiger charge is 2.07. The molecule has 9 heavy (non-hydrogen) atoms. The topological polar surface area (TPSA) is 23.8 Å². The maximum absolute atomic E-state index is 8.34. The van der Waals surface area contributed by atoms with Crippen molar-refractivity contribution in [2.75, 3.05) is 0 Å². The molecule has 1 heteroatoms. The molecule has 0 heterocycles. The van der Waals surface area contributed by atoms with Gasteiger partial charge < -0.3 is 0 Å². The van der Waals surface area contributed by atoms with E-state index < -0.39 is 0 Å². The van der Waals surface area contributed by atoms with Gasteiger partial charge in [0.05, 0.1) is 6.07 Å². The van der Waals surface area contributed by atoms with E-state index in [9.17, 15) is 0 Å². The van der Waals surface area contributed by atoms with Gasteiger partial charge >= 0.3 is 0 Å². The van der Waals surface area contributed by atoms with Crippen LogP contribution >= 0.6 is 0 Å². The minimum atomic E-state index is 0.653. The predicted octanol–water partition coefficient (Wildman–Crippen LogP) is 2.26. The van der Waals surface area contributed by atoms with Crippen LogP contribution in [0.3, 0.4) is 0 Å². The molecule has 0 amide bonds. The summed E-state index contributed by atoms with van der Waals surface area (Å²) < 4.78 is 0. The fourth-order valence-electron chi connectivity index (χ4n) is 1.17. The summed E-state index contributed by atoms with van der Waals surface area (Å²) in [5.74, 6) is 0.653. The van der Waals surface area contributed by atoms with Crippen LogP contribution in [0, 0.1) is 17.2 Å². The van der Waals surface area contributed by atoms with Crippen LogP contribution < -0.4 is 0 Å². The zero-order chi connectivity index (χ0) is 6.53. The lowest BCUT2D eigenvalue weighted by atomic mass is 9.92. The van der Waals surface area contributed by atoms with Crippen LogP contribution in [0.2, 0.25) is 0 Å². The second kappa shape index (κ2) is 3.29. The van der Waals surface area contributed by atoms with E-state index in [2.05, 4.69) is 18.2 Å². The van der Waals surface area contributed by atoms with Crippen molar-refractivity contribution in [1.82, 2.24) is 0 Å². The van der Waals surface area contributed by atoms with Gasteiger partial charge in [-0.15, -0.1) is 0 Å². The van der Waals surface area contributed by atoms with Gasteiger partial charge in [0.15, 0.2) is 0 Å². The summed E-state index contributed by atoms with van der Waals surface area (Å²) in [4.78, 5) is 0. The van der Waals surface area contributed by atoms with Gasteiger partial charge in [0.1, 0.15) is 0 Å². The van der Waals surface area contributed by atoms with Crippen LogP contribution in [0.25, 0.3) is 0 Å². The molecule has 1 aliphatic rings. The molecule has 1 atom stereocenters.